The molecule has 0 heterocycles. The summed E-state index contributed by atoms with van der Waals surface area (Å²) < 4.78 is 0. The lowest BCUT2D eigenvalue weighted by Crippen LogP contribution is -2.37. The molecule has 0 aliphatic heterocycles. The van der Waals surface area contributed by atoms with Crippen molar-refractivity contribution in [1.82, 2.24) is 0 Å². The molecule has 2 N–H and O–H groups in total. The Hall–Kier alpha value is -1.18. The third-order valence-corrected chi connectivity index (χ3v) is 4.01. The summed E-state index contributed by atoms with van der Waals surface area (Å²) in [5, 5.41) is 0. The van der Waals surface area contributed by atoms with Gasteiger partial charge in [-0.2, -0.15) is 0 Å². The monoisotopic (exact) mass is 232 g/mol. The normalized spacial score (nSPS) is 17.1. The Morgan fingerprint density at radius 3 is 2.59 bits per heavy atom. The lowest BCUT2D eigenvalue weighted by Gasteiger charge is -2.36. The molecule has 0 aromatic heterocycles. The van der Waals surface area contributed by atoms with Crippen molar-refractivity contribution in [1.29, 1.82) is 0 Å². The number of benzene rings is 1. The van der Waals surface area contributed by atoms with Gasteiger partial charge in [-0.15, -0.1) is 0 Å². The first-order valence-electron chi connectivity index (χ1n) is 6.85. The van der Waals surface area contributed by atoms with Crippen molar-refractivity contribution in [3.63, 3.8) is 0 Å². The average Bonchev–Trinajstić information content (AvgIpc) is 2.37. The van der Waals surface area contributed by atoms with Crippen molar-refractivity contribution < 1.29 is 0 Å². The fourth-order valence-electron chi connectivity index (χ4n) is 2.97. The maximum Gasteiger partial charge on any atom is 0.0419 e. The van der Waals surface area contributed by atoms with Crippen LogP contribution in [-0.4, -0.2) is 12.6 Å². The average molecular weight is 232 g/mol. The first-order chi connectivity index (χ1) is 8.24. The van der Waals surface area contributed by atoms with Crippen LogP contribution in [0.1, 0.15) is 44.6 Å². The van der Waals surface area contributed by atoms with E-state index in [1.54, 1.807) is 0 Å². The number of hydrogen-bond acceptors (Lipinski definition) is 2. The van der Waals surface area contributed by atoms with Gasteiger partial charge in [0, 0.05) is 24.0 Å². The zero-order chi connectivity index (χ0) is 12.3. The molecule has 1 aliphatic rings. The molecule has 0 saturated heterocycles. The minimum atomic E-state index is 0.717. The van der Waals surface area contributed by atoms with Gasteiger partial charge in [0.15, 0.2) is 0 Å². The zero-order valence-corrected chi connectivity index (χ0v) is 11.1. The van der Waals surface area contributed by atoms with Gasteiger partial charge in [0.2, 0.25) is 0 Å². The minimum Gasteiger partial charge on any atom is -0.398 e. The molecule has 94 valence electrons. The molecule has 0 amide bonds. The van der Waals surface area contributed by atoms with E-state index in [1.165, 1.54) is 43.4 Å². The van der Waals surface area contributed by atoms with Crippen LogP contribution in [0.5, 0.6) is 0 Å². The first-order valence-corrected chi connectivity index (χ1v) is 6.85. The van der Waals surface area contributed by atoms with Crippen LogP contribution in [0.4, 0.5) is 11.4 Å². The molecule has 0 bridgehead atoms. The number of rotatable bonds is 3. The van der Waals surface area contributed by atoms with Crippen molar-refractivity contribution >= 4 is 11.4 Å². The number of hydrogen-bond donors (Lipinski definition) is 1. The van der Waals surface area contributed by atoms with E-state index in [-0.39, 0.29) is 0 Å². The highest BCUT2D eigenvalue weighted by Crippen LogP contribution is 2.31. The van der Waals surface area contributed by atoms with Crippen LogP contribution < -0.4 is 10.6 Å². The van der Waals surface area contributed by atoms with Crippen molar-refractivity contribution in [2.45, 2.75) is 52.0 Å². The molecular weight excluding hydrogens is 208 g/mol. The Morgan fingerprint density at radius 2 is 1.94 bits per heavy atom. The van der Waals surface area contributed by atoms with E-state index in [0.29, 0.717) is 6.04 Å². The molecule has 1 fully saturated rings. The standard InChI is InChI=1S/C15H24N2/c1-3-17(13-8-5-4-6-9-13)15-11-7-10-14(16)12(15)2/h7,10-11,13H,3-6,8-9,16H2,1-2H3. The summed E-state index contributed by atoms with van der Waals surface area (Å²) in [4.78, 5) is 2.55. The molecule has 2 rings (SSSR count). The van der Waals surface area contributed by atoms with Gasteiger partial charge < -0.3 is 10.6 Å². The SMILES string of the molecule is CCN(c1cccc(N)c1C)C1CCCCC1. The second-order valence-corrected chi connectivity index (χ2v) is 5.07. The number of nitrogen functional groups attached to an aromatic ring is 1. The van der Waals surface area contributed by atoms with E-state index >= 15 is 0 Å². The lowest BCUT2D eigenvalue weighted by atomic mass is 9.93. The summed E-state index contributed by atoms with van der Waals surface area (Å²) in [5.74, 6) is 0. The van der Waals surface area contributed by atoms with E-state index in [1.807, 2.05) is 6.07 Å². The van der Waals surface area contributed by atoms with Gasteiger partial charge in [0.1, 0.15) is 0 Å². The Labute approximate surface area is 105 Å². The molecule has 2 nitrogen and oxygen atoms in total. The molecule has 1 aromatic carbocycles. The molecule has 2 heteroatoms. The van der Waals surface area contributed by atoms with Crippen molar-refractivity contribution in [2.24, 2.45) is 0 Å². The molecule has 0 unspecified atom stereocenters. The van der Waals surface area contributed by atoms with Gasteiger partial charge in [0.25, 0.3) is 0 Å². The van der Waals surface area contributed by atoms with Crippen LogP contribution in [0.15, 0.2) is 18.2 Å². The molecule has 0 spiro atoms. The maximum absolute atomic E-state index is 6.02. The maximum atomic E-state index is 6.02. The molecular formula is C15H24N2. The number of nitrogens with zero attached hydrogens (tertiary/aromatic N) is 1. The van der Waals surface area contributed by atoms with Crippen LogP contribution in [0.3, 0.4) is 0 Å². The van der Waals surface area contributed by atoms with Gasteiger partial charge in [0.05, 0.1) is 0 Å². The van der Waals surface area contributed by atoms with Crippen LogP contribution in [0, 0.1) is 6.92 Å². The minimum absolute atomic E-state index is 0.717. The third kappa shape index (κ3) is 2.56. The van der Waals surface area contributed by atoms with E-state index < -0.39 is 0 Å². The molecule has 17 heavy (non-hydrogen) atoms. The van der Waals surface area contributed by atoms with E-state index in [9.17, 15) is 0 Å². The first kappa shape index (κ1) is 12.3. The highest BCUT2D eigenvalue weighted by molar-refractivity contribution is 5.64. The predicted octanol–water partition coefficient (Wildman–Crippen LogP) is 3.74. The third-order valence-electron chi connectivity index (χ3n) is 4.01. The second-order valence-electron chi connectivity index (χ2n) is 5.07. The summed E-state index contributed by atoms with van der Waals surface area (Å²) in [6.07, 6.45) is 6.83. The summed E-state index contributed by atoms with van der Waals surface area (Å²) in [7, 11) is 0. The largest absolute Gasteiger partial charge is 0.398 e. The number of nitrogens with two attached hydrogens (primary N) is 1. The molecule has 0 atom stereocenters. The quantitative estimate of drug-likeness (QED) is 0.804. The van der Waals surface area contributed by atoms with Gasteiger partial charge in [-0.1, -0.05) is 25.3 Å². The van der Waals surface area contributed by atoms with Crippen molar-refractivity contribution in [3.05, 3.63) is 23.8 Å². The summed E-state index contributed by atoms with van der Waals surface area (Å²) >= 11 is 0. The van der Waals surface area contributed by atoms with Crippen molar-refractivity contribution in [2.75, 3.05) is 17.2 Å². The van der Waals surface area contributed by atoms with Crippen LogP contribution in [0.2, 0.25) is 0 Å². The predicted molar refractivity (Wildman–Crippen MR) is 75.5 cm³/mol. The van der Waals surface area contributed by atoms with E-state index in [2.05, 4.69) is 30.9 Å². The number of anilines is 2. The second kappa shape index (κ2) is 5.44. The van der Waals surface area contributed by atoms with E-state index in [4.69, 9.17) is 5.73 Å². The van der Waals surface area contributed by atoms with Crippen LogP contribution in [-0.2, 0) is 0 Å². The fourth-order valence-corrected chi connectivity index (χ4v) is 2.97. The Morgan fingerprint density at radius 1 is 1.24 bits per heavy atom. The fraction of sp³-hybridized carbons (Fsp3) is 0.600. The van der Waals surface area contributed by atoms with Crippen LogP contribution in [0.25, 0.3) is 0 Å². The lowest BCUT2D eigenvalue weighted by molar-refractivity contribution is 0.418. The van der Waals surface area contributed by atoms with Crippen molar-refractivity contribution in [3.8, 4) is 0 Å². The molecule has 1 saturated carbocycles. The highest BCUT2D eigenvalue weighted by atomic mass is 15.2. The summed E-state index contributed by atoms with van der Waals surface area (Å²) in [6.45, 7) is 5.46. The van der Waals surface area contributed by atoms with E-state index in [0.717, 1.165) is 12.2 Å². The van der Waals surface area contributed by atoms with Gasteiger partial charge in [-0.25, -0.2) is 0 Å². The Kier molecular flexibility index (Phi) is 3.93. The smallest absolute Gasteiger partial charge is 0.0419 e. The molecule has 0 radical (unpaired) electrons. The van der Waals surface area contributed by atoms with Gasteiger partial charge in [-0.05, 0) is 44.4 Å². The highest BCUT2D eigenvalue weighted by Gasteiger charge is 2.21. The summed E-state index contributed by atoms with van der Waals surface area (Å²) in [5.41, 5.74) is 9.50. The molecule has 1 aliphatic carbocycles. The van der Waals surface area contributed by atoms with Gasteiger partial charge in [-0.3, -0.25) is 0 Å². The Bertz CT molecular complexity index is 367. The molecule has 1 aromatic rings. The zero-order valence-electron chi connectivity index (χ0n) is 11.1. The summed E-state index contributed by atoms with van der Waals surface area (Å²) in [6, 6.07) is 7.00. The van der Waals surface area contributed by atoms with Gasteiger partial charge >= 0.3 is 0 Å². The topological polar surface area (TPSA) is 29.3 Å². The van der Waals surface area contributed by atoms with Crippen LogP contribution >= 0.6 is 0 Å². The Balaban J connectivity index is 2.24.